The first kappa shape index (κ1) is 16.0. The van der Waals surface area contributed by atoms with Crippen LogP contribution in [0.5, 0.6) is 0 Å². The van der Waals surface area contributed by atoms with Crippen LogP contribution in [-0.4, -0.2) is 57.4 Å². The third kappa shape index (κ3) is 4.05. The molecule has 0 aromatic heterocycles. The lowest BCUT2D eigenvalue weighted by Gasteiger charge is -2.20. The van der Waals surface area contributed by atoms with Gasteiger partial charge in [0.1, 0.15) is 0 Å². The van der Waals surface area contributed by atoms with Gasteiger partial charge in [-0.2, -0.15) is 4.31 Å². The number of nitrogens with zero attached hydrogens (tertiary/aromatic N) is 2. The Labute approximate surface area is 126 Å². The van der Waals surface area contributed by atoms with Crippen molar-refractivity contribution in [2.45, 2.75) is 11.3 Å². The van der Waals surface area contributed by atoms with Gasteiger partial charge in [0, 0.05) is 25.2 Å². The topological polar surface area (TPSA) is 66.6 Å². The summed E-state index contributed by atoms with van der Waals surface area (Å²) in [6, 6.07) is 6.75. The molecule has 2 N–H and O–H groups in total. The number of benzene rings is 1. The minimum Gasteiger partial charge on any atom is -0.320 e. The van der Waals surface area contributed by atoms with E-state index in [4.69, 9.17) is 5.73 Å². The fraction of sp³-hybridized carbons (Fsp3) is 0.467. The average Bonchev–Trinajstić information content (AvgIpc) is 2.70. The Kier molecular flexibility index (Phi) is 5.37. The van der Waals surface area contributed by atoms with E-state index in [0.717, 1.165) is 19.5 Å². The molecule has 6 heteroatoms. The lowest BCUT2D eigenvalue weighted by Crippen LogP contribution is -2.34. The number of likely N-dealkylation sites (N-methyl/N-ethyl adjacent to an activating group) is 1. The number of hydrogen-bond acceptors (Lipinski definition) is 4. The summed E-state index contributed by atoms with van der Waals surface area (Å²) in [6.45, 7) is 3.03. The smallest absolute Gasteiger partial charge is 0.243 e. The third-order valence-electron chi connectivity index (χ3n) is 3.49. The van der Waals surface area contributed by atoms with Gasteiger partial charge < -0.3 is 10.6 Å². The summed E-state index contributed by atoms with van der Waals surface area (Å²) in [7, 11) is -1.44. The van der Waals surface area contributed by atoms with Crippen LogP contribution in [-0.2, 0) is 10.0 Å². The maximum absolute atomic E-state index is 12.7. The van der Waals surface area contributed by atoms with Crippen molar-refractivity contribution in [1.82, 2.24) is 9.21 Å². The summed E-state index contributed by atoms with van der Waals surface area (Å²) in [5.74, 6) is 5.61. The molecule has 1 saturated heterocycles. The van der Waals surface area contributed by atoms with Crippen LogP contribution in [0.25, 0.3) is 0 Å². The Morgan fingerprint density at radius 2 is 2.05 bits per heavy atom. The molecular weight excluding hydrogens is 286 g/mol. The van der Waals surface area contributed by atoms with E-state index in [-0.39, 0.29) is 6.54 Å². The summed E-state index contributed by atoms with van der Waals surface area (Å²) in [5, 5.41) is 0. The van der Waals surface area contributed by atoms with Gasteiger partial charge in [-0.1, -0.05) is 17.9 Å². The van der Waals surface area contributed by atoms with E-state index in [1.165, 1.54) is 0 Å². The van der Waals surface area contributed by atoms with Crippen LogP contribution in [0.3, 0.4) is 0 Å². The monoisotopic (exact) mass is 307 g/mol. The van der Waals surface area contributed by atoms with Crippen LogP contribution in [0.15, 0.2) is 29.2 Å². The normalized spacial score (nSPS) is 17.8. The summed E-state index contributed by atoms with van der Waals surface area (Å²) < 4.78 is 27.0. The van der Waals surface area contributed by atoms with Crippen molar-refractivity contribution in [3.8, 4) is 11.8 Å². The van der Waals surface area contributed by atoms with Crippen molar-refractivity contribution >= 4 is 10.0 Å². The van der Waals surface area contributed by atoms with Crippen molar-refractivity contribution in [2.75, 3.05) is 39.8 Å². The quantitative estimate of drug-likeness (QED) is 0.799. The highest BCUT2D eigenvalue weighted by molar-refractivity contribution is 7.89. The van der Waals surface area contributed by atoms with Crippen LogP contribution in [0.1, 0.15) is 12.0 Å². The van der Waals surface area contributed by atoms with Crippen LogP contribution in [0, 0.1) is 11.8 Å². The highest BCUT2D eigenvalue weighted by Gasteiger charge is 2.26. The van der Waals surface area contributed by atoms with Crippen molar-refractivity contribution in [3.05, 3.63) is 29.8 Å². The summed E-state index contributed by atoms with van der Waals surface area (Å²) >= 11 is 0. The van der Waals surface area contributed by atoms with Crippen LogP contribution < -0.4 is 5.73 Å². The molecule has 0 aliphatic carbocycles. The lowest BCUT2D eigenvalue weighted by molar-refractivity contribution is 0.347. The van der Waals surface area contributed by atoms with Crippen molar-refractivity contribution in [2.24, 2.45) is 5.73 Å². The molecule has 1 aromatic carbocycles. The zero-order chi connectivity index (χ0) is 15.3. The minimum absolute atomic E-state index is 0.259. The van der Waals surface area contributed by atoms with Gasteiger partial charge in [-0.25, -0.2) is 8.42 Å². The van der Waals surface area contributed by atoms with Gasteiger partial charge in [-0.15, -0.1) is 0 Å². The average molecular weight is 307 g/mol. The number of hydrogen-bond donors (Lipinski definition) is 1. The van der Waals surface area contributed by atoms with Gasteiger partial charge in [-0.3, -0.25) is 0 Å². The Hall–Kier alpha value is -1.39. The maximum Gasteiger partial charge on any atom is 0.243 e. The number of nitrogens with two attached hydrogens (primary N) is 1. The van der Waals surface area contributed by atoms with Crippen molar-refractivity contribution < 1.29 is 8.42 Å². The second-order valence-electron chi connectivity index (χ2n) is 5.09. The van der Waals surface area contributed by atoms with E-state index >= 15 is 0 Å². The molecule has 2 rings (SSSR count). The maximum atomic E-state index is 12.7. The van der Waals surface area contributed by atoms with E-state index in [1.54, 1.807) is 28.6 Å². The summed E-state index contributed by atoms with van der Waals surface area (Å²) in [4.78, 5) is 2.45. The Morgan fingerprint density at radius 3 is 2.81 bits per heavy atom. The molecule has 0 radical (unpaired) electrons. The highest BCUT2D eigenvalue weighted by Crippen LogP contribution is 2.18. The first-order chi connectivity index (χ1) is 10.0. The van der Waals surface area contributed by atoms with E-state index in [0.29, 0.717) is 23.5 Å². The molecule has 5 nitrogen and oxygen atoms in total. The zero-order valence-electron chi connectivity index (χ0n) is 12.2. The molecule has 1 aliphatic rings. The van der Waals surface area contributed by atoms with E-state index in [9.17, 15) is 8.42 Å². The van der Waals surface area contributed by atoms with Gasteiger partial charge in [0.15, 0.2) is 0 Å². The van der Waals surface area contributed by atoms with Crippen molar-refractivity contribution in [1.29, 1.82) is 0 Å². The molecule has 0 unspecified atom stereocenters. The molecule has 1 fully saturated rings. The largest absolute Gasteiger partial charge is 0.320 e. The Morgan fingerprint density at radius 1 is 1.24 bits per heavy atom. The predicted octanol–water partition coefficient (Wildman–Crippen LogP) is 0.323. The van der Waals surface area contributed by atoms with E-state index < -0.39 is 10.0 Å². The molecule has 1 heterocycles. The molecule has 0 atom stereocenters. The standard InChI is InChI=1S/C15H21N3O2S/c1-17-9-4-10-18(12-11-17)21(19,20)15-7-2-5-14(13-15)6-3-8-16/h2,5,7,13H,4,8-12,16H2,1H3. The second-order valence-corrected chi connectivity index (χ2v) is 7.03. The van der Waals surface area contributed by atoms with Gasteiger partial charge >= 0.3 is 0 Å². The minimum atomic E-state index is -3.45. The Balaban J connectivity index is 2.26. The van der Waals surface area contributed by atoms with E-state index in [1.807, 2.05) is 7.05 Å². The molecule has 0 bridgehead atoms. The van der Waals surface area contributed by atoms with Crippen LogP contribution in [0.2, 0.25) is 0 Å². The summed E-state index contributed by atoms with van der Waals surface area (Å²) in [5.41, 5.74) is 6.02. The van der Waals surface area contributed by atoms with Gasteiger partial charge in [0.25, 0.3) is 0 Å². The zero-order valence-corrected chi connectivity index (χ0v) is 13.1. The molecule has 0 saturated carbocycles. The Bertz CT molecular complexity index is 646. The molecule has 0 spiro atoms. The van der Waals surface area contributed by atoms with Crippen molar-refractivity contribution in [3.63, 3.8) is 0 Å². The van der Waals surface area contributed by atoms with Crippen LogP contribution in [0.4, 0.5) is 0 Å². The fourth-order valence-electron chi connectivity index (χ4n) is 2.30. The van der Waals surface area contributed by atoms with E-state index in [2.05, 4.69) is 16.7 Å². The first-order valence-corrected chi connectivity index (χ1v) is 8.46. The summed E-state index contributed by atoms with van der Waals surface area (Å²) in [6.07, 6.45) is 0.850. The molecule has 114 valence electrons. The SMILES string of the molecule is CN1CCCN(S(=O)(=O)c2cccc(C#CCN)c2)CC1. The molecule has 0 amide bonds. The predicted molar refractivity (Wildman–Crippen MR) is 83.2 cm³/mol. The van der Waals surface area contributed by atoms with Gasteiger partial charge in [0.2, 0.25) is 10.0 Å². The highest BCUT2D eigenvalue weighted by atomic mass is 32.2. The molecule has 1 aliphatic heterocycles. The third-order valence-corrected chi connectivity index (χ3v) is 5.38. The first-order valence-electron chi connectivity index (χ1n) is 7.02. The molecular formula is C15H21N3O2S. The molecule has 21 heavy (non-hydrogen) atoms. The number of sulfonamides is 1. The second kappa shape index (κ2) is 7.05. The lowest BCUT2D eigenvalue weighted by atomic mass is 10.2. The number of rotatable bonds is 2. The van der Waals surface area contributed by atoms with Crippen LogP contribution >= 0.6 is 0 Å². The fourth-order valence-corrected chi connectivity index (χ4v) is 3.82. The molecule has 1 aromatic rings. The van der Waals surface area contributed by atoms with Gasteiger partial charge in [0.05, 0.1) is 11.4 Å². The van der Waals surface area contributed by atoms with Gasteiger partial charge in [-0.05, 0) is 38.2 Å².